The molecular weight excluding hydrogens is 198 g/mol. The number of allylic oxidation sites excluding steroid dienone is 1. The van der Waals surface area contributed by atoms with Gasteiger partial charge in [-0.3, -0.25) is 4.79 Å². The van der Waals surface area contributed by atoms with E-state index in [0.717, 1.165) is 0 Å². The quantitative estimate of drug-likeness (QED) is 0.636. The Hall–Kier alpha value is -0.480. The van der Waals surface area contributed by atoms with E-state index in [2.05, 4.69) is 20.9 Å². The molecule has 0 atom stereocenters. The first-order valence-corrected chi connectivity index (χ1v) is 3.60. The normalized spacial score (nSPS) is 18.4. The highest BCUT2D eigenvalue weighted by molar-refractivity contribution is 9.11. The van der Waals surface area contributed by atoms with Gasteiger partial charge in [0, 0.05) is 6.42 Å². The van der Waals surface area contributed by atoms with Crippen molar-refractivity contribution in [3.8, 4) is 0 Å². The predicted octanol–water partition coefficient (Wildman–Crippen LogP) is 0.629. The molecule has 4 heteroatoms. The summed E-state index contributed by atoms with van der Waals surface area (Å²) in [6, 6.07) is 0. The fourth-order valence-electron chi connectivity index (χ4n) is 0.655. The summed E-state index contributed by atoms with van der Waals surface area (Å²) in [6.07, 6.45) is 2.00. The lowest BCUT2D eigenvalue weighted by atomic mass is 10.1. The second kappa shape index (κ2) is 3.07. The van der Waals surface area contributed by atoms with Crippen molar-refractivity contribution in [2.24, 2.45) is 4.99 Å². The second-order valence-corrected chi connectivity index (χ2v) is 2.68. The molecule has 0 radical (unpaired) electrons. The Bertz CT molecular complexity index is 220. The molecule has 1 aliphatic rings. The second-order valence-electron chi connectivity index (χ2n) is 1.87. The van der Waals surface area contributed by atoms with E-state index in [4.69, 9.17) is 5.11 Å². The van der Waals surface area contributed by atoms with E-state index < -0.39 is 0 Å². The molecule has 0 unspecified atom stereocenters. The number of hydrogen-bond donors (Lipinski definition) is 1. The van der Waals surface area contributed by atoms with Crippen LogP contribution in [0.25, 0.3) is 0 Å². The van der Waals surface area contributed by atoms with Crippen LogP contribution in [-0.2, 0) is 4.79 Å². The number of aliphatic imine (C=N–C) groups is 1. The molecule has 1 heterocycles. The van der Waals surface area contributed by atoms with Crippen LogP contribution < -0.4 is 0 Å². The third-order valence-corrected chi connectivity index (χ3v) is 1.67. The maximum Gasteiger partial charge on any atom is 0.183 e. The number of aliphatic hydroxyl groups excluding tert-OH is 1. The Kier molecular flexibility index (Phi) is 2.34. The van der Waals surface area contributed by atoms with Gasteiger partial charge < -0.3 is 5.11 Å². The van der Waals surface area contributed by atoms with Crippen LogP contribution in [0.4, 0.5) is 0 Å². The van der Waals surface area contributed by atoms with Crippen molar-refractivity contribution in [1.29, 1.82) is 0 Å². The van der Waals surface area contributed by atoms with E-state index in [0.29, 0.717) is 11.0 Å². The average Bonchev–Trinajstić information content (AvgIpc) is 1.94. The number of halogens is 1. The van der Waals surface area contributed by atoms with Gasteiger partial charge in [-0.05, 0) is 22.0 Å². The van der Waals surface area contributed by atoms with E-state index in [9.17, 15) is 4.79 Å². The topological polar surface area (TPSA) is 49.7 Å². The zero-order valence-corrected chi connectivity index (χ0v) is 6.76. The summed E-state index contributed by atoms with van der Waals surface area (Å²) in [6.45, 7) is -0.276. The Morgan fingerprint density at radius 3 is 3.00 bits per heavy atom. The van der Waals surface area contributed by atoms with Crippen LogP contribution in [0.5, 0.6) is 0 Å². The molecule has 0 fully saturated rings. The number of Topliss-reactive ketones (excluding diaryl/α,β-unsaturated/α-hetero) is 1. The number of carbonyl (C=O) groups is 1. The maximum absolute atomic E-state index is 10.8. The molecule has 0 saturated heterocycles. The van der Waals surface area contributed by atoms with E-state index >= 15 is 0 Å². The third-order valence-electron chi connectivity index (χ3n) is 1.17. The highest BCUT2D eigenvalue weighted by Gasteiger charge is 2.13. The van der Waals surface area contributed by atoms with Crippen LogP contribution in [0.2, 0.25) is 0 Å². The lowest BCUT2D eigenvalue weighted by molar-refractivity contribution is -0.112. The number of hydrogen-bond acceptors (Lipinski definition) is 3. The summed E-state index contributed by atoms with van der Waals surface area (Å²) in [4.78, 5) is 14.6. The Balaban J connectivity index is 2.83. The van der Waals surface area contributed by atoms with Crippen molar-refractivity contribution in [3.05, 3.63) is 10.7 Å². The molecule has 3 nitrogen and oxygen atoms in total. The van der Waals surface area contributed by atoms with Gasteiger partial charge in [0.25, 0.3) is 0 Å². The number of rotatable bonds is 1. The van der Waals surface area contributed by atoms with Crippen LogP contribution in [0, 0.1) is 0 Å². The van der Waals surface area contributed by atoms with Gasteiger partial charge in [0.05, 0.1) is 6.61 Å². The van der Waals surface area contributed by atoms with Crippen LogP contribution in [0.15, 0.2) is 15.7 Å². The van der Waals surface area contributed by atoms with Gasteiger partial charge >= 0.3 is 0 Å². The first-order chi connectivity index (χ1) is 4.74. The van der Waals surface area contributed by atoms with Gasteiger partial charge in [0.15, 0.2) is 5.78 Å². The summed E-state index contributed by atoms with van der Waals surface area (Å²) in [5, 5.41) is 8.58. The summed E-state index contributed by atoms with van der Waals surface area (Å²) in [5.74, 6) is -0.106. The zero-order valence-electron chi connectivity index (χ0n) is 5.17. The van der Waals surface area contributed by atoms with Gasteiger partial charge in [0.1, 0.15) is 10.3 Å². The van der Waals surface area contributed by atoms with E-state index in [1.807, 2.05) is 0 Å². The van der Waals surface area contributed by atoms with E-state index in [-0.39, 0.29) is 18.1 Å². The molecule has 1 rings (SSSR count). The summed E-state index contributed by atoms with van der Waals surface area (Å²) >= 11 is 3.11. The van der Waals surface area contributed by atoms with Crippen molar-refractivity contribution in [2.45, 2.75) is 6.42 Å². The summed E-state index contributed by atoms with van der Waals surface area (Å²) in [7, 11) is 0. The third kappa shape index (κ3) is 1.52. The van der Waals surface area contributed by atoms with Crippen LogP contribution in [0.1, 0.15) is 6.42 Å². The number of aliphatic hydroxyl groups is 1. The molecule has 54 valence electrons. The van der Waals surface area contributed by atoms with Crippen LogP contribution in [0.3, 0.4) is 0 Å². The number of nitrogens with zero attached hydrogens (tertiary/aromatic N) is 1. The lowest BCUT2D eigenvalue weighted by Gasteiger charge is -2.04. The number of carbonyl (C=O) groups excluding carboxylic acids is 1. The Labute approximate surface area is 66.6 Å². The van der Waals surface area contributed by atoms with Gasteiger partial charge in [-0.15, -0.1) is 0 Å². The SMILES string of the molecule is O=C1CC=C(Br)N=C1CO. The largest absolute Gasteiger partial charge is 0.390 e. The van der Waals surface area contributed by atoms with Crippen molar-refractivity contribution < 1.29 is 9.90 Å². The van der Waals surface area contributed by atoms with Crippen molar-refractivity contribution in [3.63, 3.8) is 0 Å². The van der Waals surface area contributed by atoms with E-state index in [1.165, 1.54) is 0 Å². The minimum Gasteiger partial charge on any atom is -0.390 e. The molecule has 1 aliphatic heterocycles. The summed E-state index contributed by atoms with van der Waals surface area (Å²) < 4.78 is 0.621. The summed E-state index contributed by atoms with van der Waals surface area (Å²) in [5.41, 5.74) is 0.231. The van der Waals surface area contributed by atoms with Crippen LogP contribution >= 0.6 is 15.9 Å². The average molecular weight is 204 g/mol. The molecule has 0 spiro atoms. The zero-order chi connectivity index (χ0) is 7.56. The van der Waals surface area contributed by atoms with Crippen molar-refractivity contribution in [1.82, 2.24) is 0 Å². The molecule has 0 saturated carbocycles. The molecule has 0 aromatic rings. The predicted molar refractivity (Wildman–Crippen MR) is 41.2 cm³/mol. The van der Waals surface area contributed by atoms with Gasteiger partial charge in [-0.1, -0.05) is 0 Å². The molecular formula is C6H6BrNO2. The van der Waals surface area contributed by atoms with Gasteiger partial charge in [0.2, 0.25) is 0 Å². The first kappa shape index (κ1) is 7.63. The maximum atomic E-state index is 10.8. The Morgan fingerprint density at radius 1 is 1.80 bits per heavy atom. The van der Waals surface area contributed by atoms with Crippen molar-refractivity contribution in [2.75, 3.05) is 6.61 Å². The van der Waals surface area contributed by atoms with E-state index in [1.54, 1.807) is 6.08 Å². The standard InChI is InChI=1S/C6H6BrNO2/c7-6-2-1-5(10)4(3-9)8-6/h2,9H,1,3H2. The highest BCUT2D eigenvalue weighted by atomic mass is 79.9. The Morgan fingerprint density at radius 2 is 2.50 bits per heavy atom. The van der Waals surface area contributed by atoms with Gasteiger partial charge in [-0.2, -0.15) is 0 Å². The molecule has 1 N–H and O–H groups in total. The van der Waals surface area contributed by atoms with Crippen LogP contribution in [-0.4, -0.2) is 23.2 Å². The minimum atomic E-state index is -0.276. The highest BCUT2D eigenvalue weighted by Crippen LogP contribution is 2.13. The molecule has 10 heavy (non-hydrogen) atoms. The lowest BCUT2D eigenvalue weighted by Crippen LogP contribution is -2.19. The van der Waals surface area contributed by atoms with Crippen molar-refractivity contribution >= 4 is 27.4 Å². The van der Waals surface area contributed by atoms with Gasteiger partial charge in [-0.25, -0.2) is 4.99 Å². The fourth-order valence-corrected chi connectivity index (χ4v) is 1.03. The molecule has 0 bridgehead atoms. The fraction of sp³-hybridized carbons (Fsp3) is 0.333. The minimum absolute atomic E-state index is 0.106. The number of ketones is 1. The monoisotopic (exact) mass is 203 g/mol. The molecule has 0 aliphatic carbocycles. The molecule has 0 amide bonds. The molecule has 0 aromatic carbocycles. The smallest absolute Gasteiger partial charge is 0.183 e. The molecule has 0 aromatic heterocycles. The first-order valence-electron chi connectivity index (χ1n) is 2.81.